The summed E-state index contributed by atoms with van der Waals surface area (Å²) < 4.78 is 6.90. The van der Waals surface area contributed by atoms with Gasteiger partial charge in [-0.2, -0.15) is 0 Å². The monoisotopic (exact) mass is 340 g/mol. The molecule has 0 unspecified atom stereocenters. The SMILES string of the molecule is CCOC(=O)c1ccc2[nH]c(=O)c3nnc(C4CCCCC4)n3c2c1. The summed E-state index contributed by atoms with van der Waals surface area (Å²) >= 11 is 0. The number of ether oxygens (including phenoxy) is 1. The molecule has 1 aliphatic rings. The molecule has 0 bridgehead atoms. The van der Waals surface area contributed by atoms with E-state index in [-0.39, 0.29) is 17.2 Å². The quantitative estimate of drug-likeness (QED) is 0.741. The average molecular weight is 340 g/mol. The number of carbonyl (C=O) groups excluding carboxylic acids is 1. The van der Waals surface area contributed by atoms with E-state index < -0.39 is 0 Å². The number of fused-ring (bicyclic) bond motifs is 3. The van der Waals surface area contributed by atoms with E-state index in [4.69, 9.17) is 4.74 Å². The van der Waals surface area contributed by atoms with Gasteiger partial charge in [0.2, 0.25) is 5.65 Å². The lowest BCUT2D eigenvalue weighted by atomic mass is 9.89. The summed E-state index contributed by atoms with van der Waals surface area (Å²) in [6, 6.07) is 5.13. The zero-order valence-corrected chi connectivity index (χ0v) is 14.1. The standard InChI is InChI=1S/C18H20N4O3/c1-2-25-18(24)12-8-9-13-14(10-12)22-15(11-6-4-3-5-7-11)20-21-16(22)17(23)19-13/h8-11H,2-7H2,1H3,(H,19,23). The van der Waals surface area contributed by atoms with E-state index in [1.807, 2.05) is 4.40 Å². The van der Waals surface area contributed by atoms with Gasteiger partial charge in [0.25, 0.3) is 5.56 Å². The van der Waals surface area contributed by atoms with Crippen molar-refractivity contribution >= 4 is 22.6 Å². The molecule has 25 heavy (non-hydrogen) atoms. The lowest BCUT2D eigenvalue weighted by Crippen LogP contribution is -2.15. The Hall–Kier alpha value is -2.70. The highest BCUT2D eigenvalue weighted by molar-refractivity contribution is 5.94. The van der Waals surface area contributed by atoms with Crippen LogP contribution in [0.2, 0.25) is 0 Å². The third-order valence-electron chi connectivity index (χ3n) is 4.86. The number of benzene rings is 1. The van der Waals surface area contributed by atoms with Crippen LogP contribution in [0.5, 0.6) is 0 Å². The molecule has 1 N–H and O–H groups in total. The molecule has 1 saturated carbocycles. The summed E-state index contributed by atoms with van der Waals surface area (Å²) in [6.07, 6.45) is 5.66. The molecule has 0 aliphatic heterocycles. The molecular formula is C18H20N4O3. The van der Waals surface area contributed by atoms with Gasteiger partial charge in [0, 0.05) is 5.92 Å². The normalized spacial score (nSPS) is 15.7. The number of aromatic amines is 1. The third-order valence-corrected chi connectivity index (χ3v) is 4.86. The van der Waals surface area contributed by atoms with E-state index in [2.05, 4.69) is 15.2 Å². The summed E-state index contributed by atoms with van der Waals surface area (Å²) in [7, 11) is 0. The molecule has 130 valence electrons. The molecule has 1 aliphatic carbocycles. The maximum atomic E-state index is 12.3. The molecule has 3 aromatic rings. The minimum Gasteiger partial charge on any atom is -0.462 e. The highest BCUT2D eigenvalue weighted by Crippen LogP contribution is 2.32. The van der Waals surface area contributed by atoms with Gasteiger partial charge in [-0.15, -0.1) is 10.2 Å². The van der Waals surface area contributed by atoms with Crippen LogP contribution in [0.25, 0.3) is 16.7 Å². The van der Waals surface area contributed by atoms with Crippen molar-refractivity contribution in [1.82, 2.24) is 19.6 Å². The van der Waals surface area contributed by atoms with Gasteiger partial charge in [0.15, 0.2) is 0 Å². The molecule has 7 nitrogen and oxygen atoms in total. The maximum absolute atomic E-state index is 12.3. The first-order valence-electron chi connectivity index (χ1n) is 8.77. The molecule has 0 saturated heterocycles. The van der Waals surface area contributed by atoms with E-state index in [0.717, 1.165) is 37.0 Å². The first-order valence-corrected chi connectivity index (χ1v) is 8.77. The molecule has 0 amide bonds. The van der Waals surface area contributed by atoms with Crippen LogP contribution in [0.1, 0.15) is 61.1 Å². The van der Waals surface area contributed by atoms with Crippen molar-refractivity contribution in [3.8, 4) is 0 Å². The molecule has 7 heteroatoms. The number of esters is 1. The van der Waals surface area contributed by atoms with E-state index in [1.165, 1.54) is 6.42 Å². The minimum atomic E-state index is -0.379. The molecule has 1 aromatic carbocycles. The lowest BCUT2D eigenvalue weighted by Gasteiger charge is -2.20. The summed E-state index contributed by atoms with van der Waals surface area (Å²) in [5, 5.41) is 8.42. The molecule has 2 heterocycles. The molecule has 0 spiro atoms. The zero-order valence-electron chi connectivity index (χ0n) is 14.1. The van der Waals surface area contributed by atoms with Gasteiger partial charge in [0.1, 0.15) is 5.82 Å². The Labute approximate surface area is 144 Å². The van der Waals surface area contributed by atoms with Crippen molar-refractivity contribution in [1.29, 1.82) is 0 Å². The van der Waals surface area contributed by atoms with Gasteiger partial charge in [-0.1, -0.05) is 19.3 Å². The Morgan fingerprint density at radius 2 is 2.08 bits per heavy atom. The van der Waals surface area contributed by atoms with Crippen LogP contribution >= 0.6 is 0 Å². The molecule has 0 atom stereocenters. The predicted molar refractivity (Wildman–Crippen MR) is 92.9 cm³/mol. The first kappa shape index (κ1) is 15.8. The summed E-state index contributed by atoms with van der Waals surface area (Å²) in [6.45, 7) is 2.09. The van der Waals surface area contributed by atoms with Crippen molar-refractivity contribution in [2.75, 3.05) is 6.61 Å². The Morgan fingerprint density at radius 3 is 2.84 bits per heavy atom. The van der Waals surface area contributed by atoms with Crippen LogP contribution in [0.4, 0.5) is 0 Å². The van der Waals surface area contributed by atoms with Crippen LogP contribution in [0.3, 0.4) is 0 Å². The Bertz CT molecular complexity index is 999. The second-order valence-corrected chi connectivity index (χ2v) is 6.46. The van der Waals surface area contributed by atoms with Crippen LogP contribution in [0, 0.1) is 0 Å². The Kier molecular flexibility index (Phi) is 3.99. The molecule has 4 rings (SSSR count). The van der Waals surface area contributed by atoms with E-state index >= 15 is 0 Å². The lowest BCUT2D eigenvalue weighted by molar-refractivity contribution is 0.0526. The second-order valence-electron chi connectivity index (χ2n) is 6.46. The van der Waals surface area contributed by atoms with Crippen molar-refractivity contribution in [2.24, 2.45) is 0 Å². The second kappa shape index (κ2) is 6.31. The van der Waals surface area contributed by atoms with Crippen LogP contribution in [-0.2, 0) is 4.74 Å². The van der Waals surface area contributed by atoms with Gasteiger partial charge in [-0.3, -0.25) is 9.20 Å². The van der Waals surface area contributed by atoms with E-state index in [9.17, 15) is 9.59 Å². The van der Waals surface area contributed by atoms with Crippen molar-refractivity contribution in [2.45, 2.75) is 44.9 Å². The largest absolute Gasteiger partial charge is 0.462 e. The average Bonchev–Trinajstić information content (AvgIpc) is 3.08. The summed E-state index contributed by atoms with van der Waals surface area (Å²) in [5.74, 6) is 0.725. The zero-order chi connectivity index (χ0) is 17.4. The number of hydrogen-bond donors (Lipinski definition) is 1. The molecular weight excluding hydrogens is 320 g/mol. The fourth-order valence-corrected chi connectivity index (χ4v) is 3.65. The van der Waals surface area contributed by atoms with E-state index in [1.54, 1.807) is 25.1 Å². The van der Waals surface area contributed by atoms with Crippen molar-refractivity contribution < 1.29 is 9.53 Å². The van der Waals surface area contributed by atoms with Gasteiger partial charge in [0.05, 0.1) is 23.2 Å². The van der Waals surface area contributed by atoms with E-state index in [0.29, 0.717) is 23.6 Å². The fourth-order valence-electron chi connectivity index (χ4n) is 3.65. The molecule has 0 radical (unpaired) electrons. The van der Waals surface area contributed by atoms with Crippen LogP contribution in [-0.4, -0.2) is 32.2 Å². The maximum Gasteiger partial charge on any atom is 0.338 e. The number of H-pyrrole nitrogens is 1. The third kappa shape index (κ3) is 2.69. The molecule has 1 fully saturated rings. The summed E-state index contributed by atoms with van der Waals surface area (Å²) in [5.41, 5.74) is 1.83. The topological polar surface area (TPSA) is 89.4 Å². The number of nitrogens with one attached hydrogen (secondary N) is 1. The highest BCUT2D eigenvalue weighted by Gasteiger charge is 2.23. The number of hydrogen-bond acceptors (Lipinski definition) is 5. The Morgan fingerprint density at radius 1 is 1.28 bits per heavy atom. The van der Waals surface area contributed by atoms with Gasteiger partial charge >= 0.3 is 5.97 Å². The smallest absolute Gasteiger partial charge is 0.338 e. The first-order chi connectivity index (χ1) is 12.2. The number of rotatable bonds is 3. The van der Waals surface area contributed by atoms with Gasteiger partial charge < -0.3 is 9.72 Å². The number of aromatic nitrogens is 4. The number of nitrogens with zero attached hydrogens (tertiary/aromatic N) is 3. The fraction of sp³-hybridized carbons (Fsp3) is 0.444. The Balaban J connectivity index is 1.95. The minimum absolute atomic E-state index is 0.272. The van der Waals surface area contributed by atoms with Gasteiger partial charge in [-0.05, 0) is 38.0 Å². The van der Waals surface area contributed by atoms with Crippen molar-refractivity contribution in [3.05, 3.63) is 39.9 Å². The van der Waals surface area contributed by atoms with Crippen LogP contribution < -0.4 is 5.56 Å². The number of carbonyl (C=O) groups is 1. The van der Waals surface area contributed by atoms with Crippen LogP contribution in [0.15, 0.2) is 23.0 Å². The van der Waals surface area contributed by atoms with Gasteiger partial charge in [-0.25, -0.2) is 4.79 Å². The van der Waals surface area contributed by atoms with Crippen molar-refractivity contribution in [3.63, 3.8) is 0 Å². The molecule has 2 aromatic heterocycles. The predicted octanol–water partition coefficient (Wildman–Crippen LogP) is 2.80. The highest BCUT2D eigenvalue weighted by atomic mass is 16.5. The summed E-state index contributed by atoms with van der Waals surface area (Å²) in [4.78, 5) is 27.2.